The summed E-state index contributed by atoms with van der Waals surface area (Å²) in [5.41, 5.74) is 1.91. The van der Waals surface area contributed by atoms with Gasteiger partial charge in [0.15, 0.2) is 11.5 Å². The maximum atomic E-state index is 13.4. The first-order valence-electron chi connectivity index (χ1n) is 11.8. The van der Waals surface area contributed by atoms with Crippen LogP contribution in [0.3, 0.4) is 0 Å². The van der Waals surface area contributed by atoms with Crippen LogP contribution < -0.4 is 15.0 Å². The Morgan fingerprint density at radius 2 is 1.95 bits per heavy atom. The first-order valence-corrected chi connectivity index (χ1v) is 13.0. The first kappa shape index (κ1) is 27.3. The fraction of sp³-hybridized carbons (Fsp3) is 0.214. The molecule has 0 aliphatic heterocycles. The molecular weight excluding hydrogens is 574 g/mol. The molecule has 10 heteroatoms. The van der Waals surface area contributed by atoms with Crippen molar-refractivity contribution in [1.82, 2.24) is 9.66 Å². The lowest BCUT2D eigenvalue weighted by molar-refractivity contribution is 0.0697. The largest absolute Gasteiger partial charge is 0.493 e. The molecule has 1 N–H and O–H groups in total. The minimum Gasteiger partial charge on any atom is -0.493 e. The van der Waals surface area contributed by atoms with Crippen molar-refractivity contribution in [3.63, 3.8) is 0 Å². The highest BCUT2D eigenvalue weighted by Gasteiger charge is 2.16. The zero-order valence-electron chi connectivity index (χ0n) is 20.9. The molecule has 4 rings (SSSR count). The van der Waals surface area contributed by atoms with Gasteiger partial charge < -0.3 is 14.6 Å². The molecule has 0 aliphatic rings. The van der Waals surface area contributed by atoms with Crippen LogP contribution in [0.1, 0.15) is 53.5 Å². The molecule has 3 aromatic carbocycles. The van der Waals surface area contributed by atoms with Gasteiger partial charge in [0.1, 0.15) is 12.4 Å². The van der Waals surface area contributed by atoms with Crippen LogP contribution in [-0.2, 0) is 6.61 Å². The molecule has 0 bridgehead atoms. The lowest BCUT2D eigenvalue weighted by atomic mass is 10.1. The van der Waals surface area contributed by atoms with E-state index in [1.807, 2.05) is 26.0 Å². The Balaban J connectivity index is 1.65. The highest BCUT2D eigenvalue weighted by atomic mass is 79.9. The molecule has 0 saturated carbocycles. The summed E-state index contributed by atoms with van der Waals surface area (Å²) in [6, 6.07) is 15.1. The molecule has 4 aromatic rings. The van der Waals surface area contributed by atoms with Crippen LogP contribution in [0.15, 0.2) is 69.0 Å². The molecular formula is C28H25BrClN3O5. The number of carboxylic acid groups (broad SMARTS) is 1. The van der Waals surface area contributed by atoms with Gasteiger partial charge in [-0.1, -0.05) is 53.5 Å². The number of ether oxygens (including phenoxy) is 2. The number of halogens is 2. The van der Waals surface area contributed by atoms with Crippen molar-refractivity contribution in [3.05, 3.63) is 97.0 Å². The van der Waals surface area contributed by atoms with E-state index >= 15 is 0 Å². The van der Waals surface area contributed by atoms with E-state index in [-0.39, 0.29) is 23.6 Å². The Morgan fingerprint density at radius 1 is 1.21 bits per heavy atom. The van der Waals surface area contributed by atoms with E-state index in [0.29, 0.717) is 38.8 Å². The van der Waals surface area contributed by atoms with Crippen LogP contribution in [-0.4, -0.2) is 34.1 Å². The topological polar surface area (TPSA) is 103 Å². The number of benzene rings is 3. The summed E-state index contributed by atoms with van der Waals surface area (Å²) in [4.78, 5) is 29.1. The number of carbonyl (C=O) groups is 1. The Bertz CT molecular complexity index is 1580. The second-order valence-corrected chi connectivity index (χ2v) is 9.95. The van der Waals surface area contributed by atoms with Crippen LogP contribution in [0, 0.1) is 0 Å². The first-order chi connectivity index (χ1) is 18.2. The van der Waals surface area contributed by atoms with E-state index in [1.165, 1.54) is 30.1 Å². The van der Waals surface area contributed by atoms with Gasteiger partial charge in [0.05, 0.1) is 34.8 Å². The molecule has 8 nitrogen and oxygen atoms in total. The van der Waals surface area contributed by atoms with Crippen molar-refractivity contribution in [1.29, 1.82) is 0 Å². The van der Waals surface area contributed by atoms with E-state index in [2.05, 4.69) is 21.0 Å². The number of rotatable bonds is 9. The molecule has 0 aliphatic carbocycles. The molecule has 0 amide bonds. The number of carboxylic acids is 1. The van der Waals surface area contributed by atoms with Gasteiger partial charge in [-0.15, -0.1) is 0 Å². The molecule has 196 valence electrons. The average molecular weight is 599 g/mol. The average Bonchev–Trinajstić information content (AvgIpc) is 2.91. The number of fused-ring (bicyclic) bond motifs is 1. The van der Waals surface area contributed by atoms with Gasteiger partial charge in [0.2, 0.25) is 0 Å². The summed E-state index contributed by atoms with van der Waals surface area (Å²) in [5.74, 6) is 0.298. The minimum atomic E-state index is -0.995. The Kier molecular flexibility index (Phi) is 8.48. The van der Waals surface area contributed by atoms with Gasteiger partial charge in [-0.2, -0.15) is 9.78 Å². The van der Waals surface area contributed by atoms with Gasteiger partial charge in [-0.05, 0) is 60.0 Å². The van der Waals surface area contributed by atoms with Crippen molar-refractivity contribution in [2.45, 2.75) is 32.8 Å². The number of hydrogen-bond acceptors (Lipinski definition) is 6. The third-order valence-corrected chi connectivity index (χ3v) is 6.82. The Morgan fingerprint density at radius 3 is 2.61 bits per heavy atom. The Hall–Kier alpha value is -3.69. The van der Waals surface area contributed by atoms with Crippen molar-refractivity contribution in [2.75, 3.05) is 7.11 Å². The molecule has 0 saturated heterocycles. The van der Waals surface area contributed by atoms with Gasteiger partial charge in [-0.3, -0.25) is 4.79 Å². The second kappa shape index (κ2) is 11.8. The van der Waals surface area contributed by atoms with Crippen molar-refractivity contribution >= 4 is 50.6 Å². The molecule has 0 fully saturated rings. The van der Waals surface area contributed by atoms with E-state index in [9.17, 15) is 9.59 Å². The van der Waals surface area contributed by atoms with Crippen molar-refractivity contribution in [2.24, 2.45) is 5.10 Å². The monoisotopic (exact) mass is 597 g/mol. The van der Waals surface area contributed by atoms with E-state index in [4.69, 9.17) is 31.2 Å². The van der Waals surface area contributed by atoms with Gasteiger partial charge in [0.25, 0.3) is 5.56 Å². The highest BCUT2D eigenvalue weighted by Crippen LogP contribution is 2.36. The molecule has 0 radical (unpaired) electrons. The Labute approximate surface area is 232 Å². The van der Waals surface area contributed by atoms with Crippen LogP contribution in [0.4, 0.5) is 0 Å². The smallest absolute Gasteiger partial charge is 0.335 e. The molecule has 0 spiro atoms. The molecule has 0 unspecified atom stereocenters. The predicted octanol–water partition coefficient (Wildman–Crippen LogP) is 6.49. The summed E-state index contributed by atoms with van der Waals surface area (Å²) in [6.45, 7) is 4.19. The summed E-state index contributed by atoms with van der Waals surface area (Å²) in [6.07, 6.45) is 2.32. The van der Waals surface area contributed by atoms with E-state index in [1.54, 1.807) is 30.3 Å². The third kappa shape index (κ3) is 5.89. The predicted molar refractivity (Wildman–Crippen MR) is 151 cm³/mol. The van der Waals surface area contributed by atoms with Crippen molar-refractivity contribution < 1.29 is 19.4 Å². The summed E-state index contributed by atoms with van der Waals surface area (Å²) in [5, 5.41) is 14.3. The normalized spacial score (nSPS) is 12.1. The number of aromatic carboxylic acids is 1. The summed E-state index contributed by atoms with van der Waals surface area (Å²) in [7, 11) is 1.50. The SMILES string of the molecule is CC[C@H](C)c1nc2ccc(Br)cc2c(=O)n1N=Cc1cc(Cl)c(OCc2ccc(C(=O)O)cc2)c(OC)c1. The third-order valence-electron chi connectivity index (χ3n) is 6.04. The van der Waals surface area contributed by atoms with Crippen molar-refractivity contribution in [3.8, 4) is 11.5 Å². The van der Waals surface area contributed by atoms with Crippen LogP contribution in [0.25, 0.3) is 10.9 Å². The van der Waals surface area contributed by atoms with E-state index < -0.39 is 5.97 Å². The summed E-state index contributed by atoms with van der Waals surface area (Å²) < 4.78 is 13.5. The summed E-state index contributed by atoms with van der Waals surface area (Å²) >= 11 is 9.95. The fourth-order valence-corrected chi connectivity index (χ4v) is 4.39. The van der Waals surface area contributed by atoms with Gasteiger partial charge in [-0.25, -0.2) is 9.78 Å². The molecule has 1 aromatic heterocycles. The minimum absolute atomic E-state index is 0.00589. The second-order valence-electron chi connectivity index (χ2n) is 8.63. The molecule has 38 heavy (non-hydrogen) atoms. The molecule has 1 heterocycles. The number of nitrogens with zero attached hydrogens (tertiary/aromatic N) is 3. The fourth-order valence-electron chi connectivity index (χ4n) is 3.76. The maximum absolute atomic E-state index is 13.4. The number of methoxy groups -OCH3 is 1. The van der Waals surface area contributed by atoms with Crippen LogP contribution in [0.5, 0.6) is 11.5 Å². The lowest BCUT2D eigenvalue weighted by Gasteiger charge is -2.15. The van der Waals surface area contributed by atoms with Gasteiger partial charge in [0, 0.05) is 10.4 Å². The zero-order valence-corrected chi connectivity index (χ0v) is 23.3. The quantitative estimate of drug-likeness (QED) is 0.221. The standard InChI is InChI=1S/C28H25BrClN3O5/c1-4-16(2)26-32-23-10-9-20(29)13-21(23)27(34)33(26)31-14-18-11-22(30)25(24(12-18)37-3)38-15-17-5-7-19(8-6-17)28(35)36/h5-14,16H,4,15H2,1-3H3,(H,35,36)/t16-/m0/s1. The van der Waals surface area contributed by atoms with Gasteiger partial charge >= 0.3 is 5.97 Å². The maximum Gasteiger partial charge on any atom is 0.335 e. The number of aromatic nitrogens is 2. The lowest BCUT2D eigenvalue weighted by Crippen LogP contribution is -2.23. The van der Waals surface area contributed by atoms with Crippen LogP contribution in [0.2, 0.25) is 5.02 Å². The zero-order chi connectivity index (χ0) is 27.4. The molecule has 1 atom stereocenters. The van der Waals surface area contributed by atoms with E-state index in [0.717, 1.165) is 16.5 Å². The highest BCUT2D eigenvalue weighted by molar-refractivity contribution is 9.10. The number of hydrogen-bond donors (Lipinski definition) is 1. The van der Waals surface area contributed by atoms with Crippen LogP contribution >= 0.6 is 27.5 Å².